The van der Waals surface area contributed by atoms with Gasteiger partial charge in [0.05, 0.1) is 17.4 Å². The average Bonchev–Trinajstić information content (AvgIpc) is 3.23. The second-order valence-corrected chi connectivity index (χ2v) is 5.96. The Bertz CT molecular complexity index is 728. The molecule has 0 unspecified atom stereocenters. The maximum atomic E-state index is 12.3. The molecule has 0 bridgehead atoms. The van der Waals surface area contributed by atoms with Crippen LogP contribution in [0.25, 0.3) is 11.4 Å². The summed E-state index contributed by atoms with van der Waals surface area (Å²) in [7, 11) is 1.54. The number of likely N-dealkylation sites (tertiary alicyclic amines) is 1. The van der Waals surface area contributed by atoms with Gasteiger partial charge in [-0.05, 0) is 38.8 Å². The van der Waals surface area contributed by atoms with Crippen molar-refractivity contribution in [1.29, 1.82) is 0 Å². The fourth-order valence-electron chi connectivity index (χ4n) is 3.21. The van der Waals surface area contributed by atoms with Gasteiger partial charge < -0.3 is 9.64 Å². The van der Waals surface area contributed by atoms with Gasteiger partial charge in [0, 0.05) is 32.1 Å². The van der Waals surface area contributed by atoms with Gasteiger partial charge in [0.1, 0.15) is 6.61 Å². The van der Waals surface area contributed by atoms with Gasteiger partial charge in [-0.25, -0.2) is 9.97 Å². The molecule has 2 aromatic rings. The van der Waals surface area contributed by atoms with Gasteiger partial charge in [-0.1, -0.05) is 0 Å². The number of carbonyl (C=O) groups is 1. The van der Waals surface area contributed by atoms with Gasteiger partial charge in [0.15, 0.2) is 5.82 Å². The van der Waals surface area contributed by atoms with E-state index in [1.807, 2.05) is 35.6 Å². The van der Waals surface area contributed by atoms with Crippen LogP contribution < -0.4 is 0 Å². The largest absolute Gasteiger partial charge is 0.375 e. The van der Waals surface area contributed by atoms with E-state index >= 15 is 0 Å². The number of rotatable bonds is 5. The van der Waals surface area contributed by atoms with Crippen molar-refractivity contribution in [3.63, 3.8) is 0 Å². The van der Waals surface area contributed by atoms with Gasteiger partial charge >= 0.3 is 0 Å². The number of nitrogens with zero attached hydrogens (tertiary/aromatic N) is 5. The molecule has 2 aromatic heterocycles. The van der Waals surface area contributed by atoms with Gasteiger partial charge in [-0.3, -0.25) is 9.48 Å². The molecule has 0 aromatic carbocycles. The normalized spacial score (nSPS) is 17.5. The minimum Gasteiger partial charge on any atom is -0.375 e. The number of carbonyl (C=O) groups excluding carboxylic acids is 1. The smallest absolute Gasteiger partial charge is 0.249 e. The third-order valence-electron chi connectivity index (χ3n) is 4.29. The van der Waals surface area contributed by atoms with Crippen molar-refractivity contribution in [3.05, 3.63) is 29.8 Å². The zero-order valence-electron chi connectivity index (χ0n) is 14.4. The number of ether oxygens (including phenoxy) is 1. The molecule has 128 valence electrons. The number of hydrogen-bond donors (Lipinski definition) is 0. The maximum absolute atomic E-state index is 12.3. The summed E-state index contributed by atoms with van der Waals surface area (Å²) >= 11 is 0. The Morgan fingerprint density at radius 2 is 2.25 bits per heavy atom. The van der Waals surface area contributed by atoms with Crippen molar-refractivity contribution >= 4 is 5.91 Å². The number of aryl methyl sites for hydroxylation is 2. The molecular weight excluding hydrogens is 306 g/mol. The minimum absolute atomic E-state index is 0.00902. The lowest BCUT2D eigenvalue weighted by atomic mass is 10.1. The maximum Gasteiger partial charge on any atom is 0.249 e. The zero-order chi connectivity index (χ0) is 17.1. The van der Waals surface area contributed by atoms with Gasteiger partial charge in [-0.2, -0.15) is 5.10 Å². The van der Waals surface area contributed by atoms with E-state index in [0.717, 1.165) is 43.0 Å². The zero-order valence-corrected chi connectivity index (χ0v) is 14.4. The third kappa shape index (κ3) is 3.17. The molecule has 0 aliphatic carbocycles. The van der Waals surface area contributed by atoms with Crippen molar-refractivity contribution in [2.75, 3.05) is 20.3 Å². The van der Waals surface area contributed by atoms with Crippen LogP contribution in [0.2, 0.25) is 0 Å². The van der Waals surface area contributed by atoms with Crippen molar-refractivity contribution in [2.45, 2.75) is 39.3 Å². The molecule has 0 spiro atoms. The lowest BCUT2D eigenvalue weighted by molar-refractivity contribution is -0.136. The van der Waals surface area contributed by atoms with Crippen LogP contribution in [-0.2, 0) is 16.1 Å². The summed E-state index contributed by atoms with van der Waals surface area (Å²) in [5.74, 6) is 0.695. The first-order valence-corrected chi connectivity index (χ1v) is 8.30. The second kappa shape index (κ2) is 7.09. The molecule has 7 heteroatoms. The number of hydrogen-bond acceptors (Lipinski definition) is 5. The highest BCUT2D eigenvalue weighted by Gasteiger charge is 2.32. The Morgan fingerprint density at radius 3 is 3.00 bits per heavy atom. The van der Waals surface area contributed by atoms with Crippen LogP contribution in [0.3, 0.4) is 0 Å². The molecule has 3 heterocycles. The molecule has 1 aliphatic heterocycles. The van der Waals surface area contributed by atoms with Gasteiger partial charge in [-0.15, -0.1) is 0 Å². The molecule has 7 nitrogen and oxygen atoms in total. The SMILES string of the molecule is CCn1nccc1-c1cc(C)nc([C@H]2CCCN2C(=O)COC)n1. The monoisotopic (exact) mass is 329 g/mol. The predicted molar refractivity (Wildman–Crippen MR) is 89.2 cm³/mol. The van der Waals surface area contributed by atoms with E-state index in [0.29, 0.717) is 5.82 Å². The van der Waals surface area contributed by atoms with Crippen LogP contribution in [0, 0.1) is 6.92 Å². The van der Waals surface area contributed by atoms with E-state index < -0.39 is 0 Å². The fourth-order valence-corrected chi connectivity index (χ4v) is 3.21. The summed E-state index contributed by atoms with van der Waals surface area (Å²) in [5, 5.41) is 4.31. The first kappa shape index (κ1) is 16.6. The predicted octanol–water partition coefficient (Wildman–Crippen LogP) is 1.98. The summed E-state index contributed by atoms with van der Waals surface area (Å²) < 4.78 is 6.90. The highest BCUT2D eigenvalue weighted by Crippen LogP contribution is 2.31. The Morgan fingerprint density at radius 1 is 1.42 bits per heavy atom. The van der Waals surface area contributed by atoms with E-state index in [1.54, 1.807) is 6.20 Å². The molecule has 1 saturated heterocycles. The van der Waals surface area contributed by atoms with Crippen LogP contribution in [-0.4, -0.2) is 50.8 Å². The van der Waals surface area contributed by atoms with Crippen LogP contribution in [0.4, 0.5) is 0 Å². The highest BCUT2D eigenvalue weighted by atomic mass is 16.5. The Balaban J connectivity index is 1.95. The van der Waals surface area contributed by atoms with Crippen molar-refractivity contribution in [2.24, 2.45) is 0 Å². The van der Waals surface area contributed by atoms with Crippen molar-refractivity contribution in [1.82, 2.24) is 24.6 Å². The number of methoxy groups -OCH3 is 1. The summed E-state index contributed by atoms with van der Waals surface area (Å²) in [6.45, 7) is 5.61. The molecule has 0 N–H and O–H groups in total. The highest BCUT2D eigenvalue weighted by molar-refractivity contribution is 5.78. The van der Waals surface area contributed by atoms with E-state index in [-0.39, 0.29) is 18.6 Å². The van der Waals surface area contributed by atoms with E-state index in [4.69, 9.17) is 9.72 Å². The van der Waals surface area contributed by atoms with Crippen LogP contribution in [0.15, 0.2) is 18.3 Å². The second-order valence-electron chi connectivity index (χ2n) is 5.96. The summed E-state index contributed by atoms with van der Waals surface area (Å²) in [5.41, 5.74) is 2.71. The average molecular weight is 329 g/mol. The van der Waals surface area contributed by atoms with Crippen LogP contribution >= 0.6 is 0 Å². The topological polar surface area (TPSA) is 73.1 Å². The van der Waals surface area contributed by atoms with Crippen molar-refractivity contribution < 1.29 is 9.53 Å². The minimum atomic E-state index is -0.0794. The lowest BCUT2D eigenvalue weighted by Gasteiger charge is -2.24. The molecule has 1 aliphatic rings. The molecule has 0 radical (unpaired) electrons. The van der Waals surface area contributed by atoms with E-state index in [9.17, 15) is 4.79 Å². The number of aromatic nitrogens is 4. The third-order valence-corrected chi connectivity index (χ3v) is 4.29. The van der Waals surface area contributed by atoms with Crippen LogP contribution in [0.1, 0.15) is 37.3 Å². The molecule has 0 saturated carbocycles. The van der Waals surface area contributed by atoms with Gasteiger partial charge in [0.2, 0.25) is 5.91 Å². The molecule has 3 rings (SSSR count). The molecule has 1 atom stereocenters. The van der Waals surface area contributed by atoms with Gasteiger partial charge in [0.25, 0.3) is 0 Å². The van der Waals surface area contributed by atoms with E-state index in [1.165, 1.54) is 7.11 Å². The summed E-state index contributed by atoms with van der Waals surface area (Å²) in [6.07, 6.45) is 3.62. The molecular formula is C17H23N5O2. The van der Waals surface area contributed by atoms with Crippen molar-refractivity contribution in [3.8, 4) is 11.4 Å². The Hall–Kier alpha value is -2.28. The molecule has 24 heavy (non-hydrogen) atoms. The fraction of sp³-hybridized carbons (Fsp3) is 0.529. The first-order valence-electron chi connectivity index (χ1n) is 8.30. The number of amides is 1. The molecule has 1 fully saturated rings. The summed E-state index contributed by atoms with van der Waals surface area (Å²) in [6, 6.07) is 3.84. The van der Waals surface area contributed by atoms with Crippen LogP contribution in [0.5, 0.6) is 0 Å². The molecule has 1 amide bonds. The lowest BCUT2D eigenvalue weighted by Crippen LogP contribution is -2.34. The quantitative estimate of drug-likeness (QED) is 0.838. The standard InChI is InChI=1S/C17H23N5O2/c1-4-22-14(7-8-18-22)13-10-12(2)19-17(20-13)15-6-5-9-21(15)16(23)11-24-3/h7-8,10,15H,4-6,9,11H2,1-3H3/t15-/m1/s1. The van der Waals surface area contributed by atoms with E-state index in [2.05, 4.69) is 10.1 Å². The Kier molecular flexibility index (Phi) is 4.89. The first-order chi connectivity index (χ1) is 11.6. The Labute approximate surface area is 141 Å². The summed E-state index contributed by atoms with van der Waals surface area (Å²) in [4.78, 5) is 23.4.